The minimum atomic E-state index is -0.630. The van der Waals surface area contributed by atoms with E-state index in [1.54, 1.807) is 0 Å². The molecule has 2 atom stereocenters. The van der Waals surface area contributed by atoms with Gasteiger partial charge in [-0.1, -0.05) is 18.2 Å². The van der Waals surface area contributed by atoms with E-state index >= 15 is 0 Å². The fraction of sp³-hybridized carbons (Fsp3) is 0.571. The molecule has 2 aliphatic rings. The first-order chi connectivity index (χ1) is 8.27. The summed E-state index contributed by atoms with van der Waals surface area (Å²) in [6.07, 6.45) is 2.53. The second-order valence-electron chi connectivity index (χ2n) is 5.10. The summed E-state index contributed by atoms with van der Waals surface area (Å²) >= 11 is 0. The molecule has 0 aliphatic carbocycles. The SMILES string of the molecule is OC1(CC2CCOc3ccccc32)CCOC1. The van der Waals surface area contributed by atoms with Gasteiger partial charge in [-0.05, 0) is 30.4 Å². The molecular weight excluding hydrogens is 216 g/mol. The van der Waals surface area contributed by atoms with Crippen LogP contribution >= 0.6 is 0 Å². The van der Waals surface area contributed by atoms with E-state index < -0.39 is 5.60 Å². The highest BCUT2D eigenvalue weighted by molar-refractivity contribution is 5.38. The third-order valence-corrected chi connectivity index (χ3v) is 3.79. The van der Waals surface area contributed by atoms with Gasteiger partial charge in [-0.3, -0.25) is 0 Å². The molecule has 1 N–H and O–H groups in total. The van der Waals surface area contributed by atoms with E-state index in [4.69, 9.17) is 9.47 Å². The molecule has 3 nitrogen and oxygen atoms in total. The Morgan fingerprint density at radius 1 is 1.29 bits per heavy atom. The number of hydrogen-bond acceptors (Lipinski definition) is 3. The molecule has 1 fully saturated rings. The van der Waals surface area contributed by atoms with Gasteiger partial charge in [0.15, 0.2) is 0 Å². The standard InChI is InChI=1S/C14H18O3/c15-14(6-8-16-10-14)9-11-5-7-17-13-4-2-1-3-12(11)13/h1-4,11,15H,5-10H2. The van der Waals surface area contributed by atoms with Gasteiger partial charge in [0.1, 0.15) is 5.75 Å². The normalized spacial score (nSPS) is 31.9. The van der Waals surface area contributed by atoms with Gasteiger partial charge < -0.3 is 14.6 Å². The third-order valence-electron chi connectivity index (χ3n) is 3.79. The fourth-order valence-electron chi connectivity index (χ4n) is 2.84. The minimum Gasteiger partial charge on any atom is -0.493 e. The van der Waals surface area contributed by atoms with Crippen molar-refractivity contribution in [3.05, 3.63) is 29.8 Å². The number of para-hydroxylation sites is 1. The van der Waals surface area contributed by atoms with E-state index in [2.05, 4.69) is 6.07 Å². The van der Waals surface area contributed by atoms with E-state index in [1.807, 2.05) is 18.2 Å². The Hall–Kier alpha value is -1.06. The summed E-state index contributed by atoms with van der Waals surface area (Å²) in [5.74, 6) is 1.37. The van der Waals surface area contributed by atoms with Crippen LogP contribution < -0.4 is 4.74 Å². The summed E-state index contributed by atoms with van der Waals surface area (Å²) in [5.41, 5.74) is 0.605. The summed E-state index contributed by atoms with van der Waals surface area (Å²) in [6.45, 7) is 1.91. The van der Waals surface area contributed by atoms with Crippen LogP contribution in [0, 0.1) is 0 Å². The maximum absolute atomic E-state index is 10.4. The Labute approximate surface area is 101 Å². The van der Waals surface area contributed by atoms with Crippen LogP contribution in [0.4, 0.5) is 0 Å². The molecule has 0 bridgehead atoms. The maximum Gasteiger partial charge on any atom is 0.122 e. The van der Waals surface area contributed by atoms with Gasteiger partial charge in [0.25, 0.3) is 0 Å². The van der Waals surface area contributed by atoms with Crippen LogP contribution in [-0.4, -0.2) is 30.5 Å². The maximum atomic E-state index is 10.4. The van der Waals surface area contributed by atoms with Crippen molar-refractivity contribution < 1.29 is 14.6 Å². The summed E-state index contributed by atoms with van der Waals surface area (Å²) < 4.78 is 10.9. The van der Waals surface area contributed by atoms with Gasteiger partial charge in [-0.25, -0.2) is 0 Å². The van der Waals surface area contributed by atoms with Crippen LogP contribution in [0.5, 0.6) is 5.75 Å². The van der Waals surface area contributed by atoms with Crippen molar-refractivity contribution >= 4 is 0 Å². The average molecular weight is 234 g/mol. The summed E-state index contributed by atoms with van der Waals surface area (Å²) in [6, 6.07) is 8.15. The second kappa shape index (κ2) is 4.31. The Balaban J connectivity index is 1.81. The molecule has 2 aliphatic heterocycles. The first-order valence-corrected chi connectivity index (χ1v) is 6.29. The highest BCUT2D eigenvalue weighted by Crippen LogP contribution is 2.40. The van der Waals surface area contributed by atoms with E-state index in [1.165, 1.54) is 5.56 Å². The van der Waals surface area contributed by atoms with Gasteiger partial charge in [0.05, 0.1) is 18.8 Å². The average Bonchev–Trinajstić information content (AvgIpc) is 2.76. The van der Waals surface area contributed by atoms with E-state index in [-0.39, 0.29) is 0 Å². The predicted molar refractivity (Wildman–Crippen MR) is 64.3 cm³/mol. The second-order valence-corrected chi connectivity index (χ2v) is 5.10. The lowest BCUT2D eigenvalue weighted by Gasteiger charge is -2.31. The first kappa shape index (κ1) is 11.1. The number of ether oxygens (including phenoxy) is 2. The zero-order chi connectivity index (χ0) is 11.7. The number of aliphatic hydroxyl groups is 1. The van der Waals surface area contributed by atoms with Gasteiger partial charge in [-0.2, -0.15) is 0 Å². The monoisotopic (exact) mass is 234 g/mol. The molecule has 2 unspecified atom stereocenters. The zero-order valence-corrected chi connectivity index (χ0v) is 9.89. The highest BCUT2D eigenvalue weighted by Gasteiger charge is 2.36. The van der Waals surface area contributed by atoms with E-state index in [9.17, 15) is 5.11 Å². The Kier molecular flexibility index (Phi) is 2.81. The summed E-state index contributed by atoms with van der Waals surface area (Å²) in [4.78, 5) is 0. The number of fused-ring (bicyclic) bond motifs is 1. The Morgan fingerprint density at radius 3 is 3.00 bits per heavy atom. The van der Waals surface area contributed by atoms with Gasteiger partial charge in [-0.15, -0.1) is 0 Å². The number of benzene rings is 1. The Morgan fingerprint density at radius 2 is 2.18 bits per heavy atom. The zero-order valence-electron chi connectivity index (χ0n) is 9.89. The number of hydrogen-bond donors (Lipinski definition) is 1. The molecule has 3 heteroatoms. The molecule has 1 saturated heterocycles. The molecule has 0 radical (unpaired) electrons. The molecule has 0 aromatic heterocycles. The third kappa shape index (κ3) is 2.17. The van der Waals surface area contributed by atoms with Crippen molar-refractivity contribution in [3.8, 4) is 5.75 Å². The van der Waals surface area contributed by atoms with Crippen LogP contribution in [0.3, 0.4) is 0 Å². The van der Waals surface area contributed by atoms with Crippen molar-refractivity contribution in [1.82, 2.24) is 0 Å². The quantitative estimate of drug-likeness (QED) is 0.851. The van der Waals surface area contributed by atoms with Gasteiger partial charge in [0, 0.05) is 13.0 Å². The molecular formula is C14H18O3. The molecule has 0 saturated carbocycles. The van der Waals surface area contributed by atoms with Crippen LogP contribution in [-0.2, 0) is 4.74 Å². The topological polar surface area (TPSA) is 38.7 Å². The molecule has 92 valence electrons. The molecule has 2 heterocycles. The van der Waals surface area contributed by atoms with Gasteiger partial charge >= 0.3 is 0 Å². The molecule has 3 rings (SSSR count). The fourth-order valence-corrected chi connectivity index (χ4v) is 2.84. The number of rotatable bonds is 2. The van der Waals surface area contributed by atoms with Crippen molar-refractivity contribution in [2.45, 2.75) is 30.8 Å². The lowest BCUT2D eigenvalue weighted by Crippen LogP contribution is -2.32. The smallest absolute Gasteiger partial charge is 0.122 e. The molecule has 17 heavy (non-hydrogen) atoms. The van der Waals surface area contributed by atoms with Crippen molar-refractivity contribution in [3.63, 3.8) is 0 Å². The van der Waals surface area contributed by atoms with Crippen molar-refractivity contribution in [1.29, 1.82) is 0 Å². The minimum absolute atomic E-state index is 0.395. The Bertz CT molecular complexity index is 396. The largest absolute Gasteiger partial charge is 0.493 e. The van der Waals surface area contributed by atoms with E-state index in [0.29, 0.717) is 19.1 Å². The predicted octanol–water partition coefficient (Wildman–Crippen LogP) is 2.09. The van der Waals surface area contributed by atoms with E-state index in [0.717, 1.165) is 31.6 Å². The van der Waals surface area contributed by atoms with Crippen molar-refractivity contribution in [2.24, 2.45) is 0 Å². The summed E-state index contributed by atoms with van der Waals surface area (Å²) in [7, 11) is 0. The lowest BCUT2D eigenvalue weighted by molar-refractivity contribution is 0.0100. The highest BCUT2D eigenvalue weighted by atomic mass is 16.5. The molecule has 0 amide bonds. The van der Waals surface area contributed by atoms with Crippen molar-refractivity contribution in [2.75, 3.05) is 19.8 Å². The van der Waals surface area contributed by atoms with Crippen LogP contribution in [0.15, 0.2) is 24.3 Å². The molecule has 1 aromatic rings. The summed E-state index contributed by atoms with van der Waals surface area (Å²) in [5, 5.41) is 10.4. The first-order valence-electron chi connectivity index (χ1n) is 6.29. The van der Waals surface area contributed by atoms with Crippen LogP contribution in [0.2, 0.25) is 0 Å². The molecule has 1 aromatic carbocycles. The van der Waals surface area contributed by atoms with Gasteiger partial charge in [0.2, 0.25) is 0 Å². The molecule has 0 spiro atoms. The lowest BCUT2D eigenvalue weighted by atomic mass is 9.82. The van der Waals surface area contributed by atoms with Crippen LogP contribution in [0.1, 0.15) is 30.7 Å². The van der Waals surface area contributed by atoms with Crippen LogP contribution in [0.25, 0.3) is 0 Å².